The molecule has 6 nitrogen and oxygen atoms in total. The van der Waals surface area contributed by atoms with E-state index in [1.165, 1.54) is 25.3 Å². The first kappa shape index (κ1) is 19.3. The van der Waals surface area contributed by atoms with E-state index >= 15 is 0 Å². The van der Waals surface area contributed by atoms with Gasteiger partial charge in [0.05, 0.1) is 29.9 Å². The van der Waals surface area contributed by atoms with E-state index < -0.39 is 12.5 Å². The van der Waals surface area contributed by atoms with Crippen LogP contribution in [0.5, 0.6) is 11.5 Å². The summed E-state index contributed by atoms with van der Waals surface area (Å²) in [5, 5.41) is 7.31. The number of nitrogens with one attached hydrogen (secondary N) is 1. The van der Waals surface area contributed by atoms with Crippen molar-refractivity contribution < 1.29 is 23.0 Å². The van der Waals surface area contributed by atoms with Crippen LogP contribution in [0.1, 0.15) is 21.7 Å². The summed E-state index contributed by atoms with van der Waals surface area (Å²) in [6, 6.07) is 13.6. The van der Waals surface area contributed by atoms with Crippen LogP contribution < -0.4 is 14.8 Å². The lowest BCUT2D eigenvalue weighted by Gasteiger charge is -2.12. The van der Waals surface area contributed by atoms with Crippen molar-refractivity contribution in [3.63, 3.8) is 0 Å². The van der Waals surface area contributed by atoms with Gasteiger partial charge in [0, 0.05) is 5.56 Å². The largest absolute Gasteiger partial charge is 0.493 e. The van der Waals surface area contributed by atoms with E-state index in [4.69, 9.17) is 4.74 Å². The molecule has 0 saturated heterocycles. The number of amides is 1. The molecular formula is C20H19F2N3O3. The molecule has 0 spiro atoms. The van der Waals surface area contributed by atoms with Crippen molar-refractivity contribution in [2.45, 2.75) is 20.5 Å². The molecule has 146 valence electrons. The molecule has 0 atom stereocenters. The van der Waals surface area contributed by atoms with Crippen molar-refractivity contribution in [1.82, 2.24) is 9.78 Å². The Morgan fingerprint density at radius 1 is 1.11 bits per heavy atom. The van der Waals surface area contributed by atoms with E-state index in [1.54, 1.807) is 11.6 Å². The summed E-state index contributed by atoms with van der Waals surface area (Å²) >= 11 is 0. The number of hydrogen-bond acceptors (Lipinski definition) is 4. The molecule has 0 saturated carbocycles. The van der Waals surface area contributed by atoms with Gasteiger partial charge in [-0.3, -0.25) is 4.79 Å². The van der Waals surface area contributed by atoms with Crippen LogP contribution in [-0.2, 0) is 0 Å². The lowest BCUT2D eigenvalue weighted by atomic mass is 10.1. The highest BCUT2D eigenvalue weighted by Gasteiger charge is 2.18. The molecular weight excluding hydrogens is 368 g/mol. The zero-order valence-electron chi connectivity index (χ0n) is 15.6. The second-order valence-corrected chi connectivity index (χ2v) is 5.99. The maximum Gasteiger partial charge on any atom is 0.387 e. The summed E-state index contributed by atoms with van der Waals surface area (Å²) in [4.78, 5) is 12.7. The molecule has 0 radical (unpaired) electrons. The van der Waals surface area contributed by atoms with Gasteiger partial charge in [-0.05, 0) is 44.2 Å². The summed E-state index contributed by atoms with van der Waals surface area (Å²) in [5.74, 6) is -0.514. The molecule has 2 aromatic carbocycles. The summed E-state index contributed by atoms with van der Waals surface area (Å²) in [6.45, 7) is 0.660. The maximum absolute atomic E-state index is 12.7. The van der Waals surface area contributed by atoms with E-state index in [1.807, 2.05) is 37.3 Å². The lowest BCUT2D eigenvalue weighted by molar-refractivity contribution is -0.0512. The van der Waals surface area contributed by atoms with E-state index in [-0.39, 0.29) is 17.1 Å². The molecule has 1 heterocycles. The number of para-hydroxylation sites is 1. The second kappa shape index (κ2) is 8.08. The van der Waals surface area contributed by atoms with Crippen molar-refractivity contribution >= 4 is 11.6 Å². The number of alkyl halides is 2. The molecule has 0 aliphatic carbocycles. The molecule has 0 aliphatic heterocycles. The summed E-state index contributed by atoms with van der Waals surface area (Å²) in [7, 11) is 1.31. The van der Waals surface area contributed by atoms with Gasteiger partial charge in [0.2, 0.25) is 0 Å². The lowest BCUT2D eigenvalue weighted by Crippen LogP contribution is -2.14. The van der Waals surface area contributed by atoms with Crippen LogP contribution in [0.2, 0.25) is 0 Å². The average Bonchev–Trinajstić information content (AvgIpc) is 2.96. The number of ether oxygens (including phenoxy) is 2. The monoisotopic (exact) mass is 387 g/mol. The molecule has 0 fully saturated rings. The minimum atomic E-state index is -2.98. The number of carbonyl (C=O) groups is 1. The summed E-state index contributed by atoms with van der Waals surface area (Å²) < 4.78 is 36.1. The van der Waals surface area contributed by atoms with Crippen molar-refractivity contribution in [1.29, 1.82) is 0 Å². The number of aromatic nitrogens is 2. The smallest absolute Gasteiger partial charge is 0.387 e. The third-order valence-electron chi connectivity index (χ3n) is 4.17. The highest BCUT2D eigenvalue weighted by atomic mass is 19.3. The van der Waals surface area contributed by atoms with Gasteiger partial charge in [0.25, 0.3) is 5.91 Å². The predicted molar refractivity (Wildman–Crippen MR) is 101 cm³/mol. The van der Waals surface area contributed by atoms with Crippen LogP contribution in [0, 0.1) is 13.8 Å². The quantitative estimate of drug-likeness (QED) is 0.683. The molecule has 1 aromatic heterocycles. The fourth-order valence-corrected chi connectivity index (χ4v) is 2.83. The zero-order valence-corrected chi connectivity index (χ0v) is 15.6. The first-order valence-electron chi connectivity index (χ1n) is 8.46. The average molecular weight is 387 g/mol. The Kier molecular flexibility index (Phi) is 5.58. The Bertz CT molecular complexity index is 988. The molecule has 0 bridgehead atoms. The molecule has 3 aromatic rings. The number of hydrogen-bond donors (Lipinski definition) is 1. The fraction of sp³-hybridized carbons (Fsp3) is 0.200. The van der Waals surface area contributed by atoms with Gasteiger partial charge in [0.1, 0.15) is 0 Å². The third kappa shape index (κ3) is 3.95. The third-order valence-corrected chi connectivity index (χ3v) is 4.17. The minimum Gasteiger partial charge on any atom is -0.493 e. The number of methoxy groups -OCH3 is 1. The molecule has 0 aliphatic rings. The van der Waals surface area contributed by atoms with Gasteiger partial charge < -0.3 is 14.8 Å². The van der Waals surface area contributed by atoms with Gasteiger partial charge >= 0.3 is 6.61 Å². The van der Waals surface area contributed by atoms with Crippen LogP contribution in [0.15, 0.2) is 48.5 Å². The number of anilines is 1. The number of aryl methyl sites for hydroxylation is 1. The standard InChI is InChI=1S/C20H19F2N3O3/c1-12-18(13(2)25(24-12)15-7-5-4-6-8-15)23-19(26)14-9-10-16(28-20(21)22)17(11-14)27-3/h4-11,20H,1-3H3,(H,23,26). The van der Waals surface area contributed by atoms with E-state index in [9.17, 15) is 13.6 Å². The predicted octanol–water partition coefficient (Wildman–Crippen LogP) is 4.35. The molecule has 1 amide bonds. The SMILES string of the molecule is COc1cc(C(=O)Nc2c(C)nn(-c3ccccc3)c2C)ccc1OC(F)F. The van der Waals surface area contributed by atoms with Crippen LogP contribution in [0.4, 0.5) is 14.5 Å². The fourth-order valence-electron chi connectivity index (χ4n) is 2.83. The Hall–Kier alpha value is -3.42. The Morgan fingerprint density at radius 3 is 2.46 bits per heavy atom. The molecule has 3 rings (SSSR count). The van der Waals surface area contributed by atoms with Gasteiger partial charge in [-0.1, -0.05) is 18.2 Å². The van der Waals surface area contributed by atoms with Crippen LogP contribution in [0.3, 0.4) is 0 Å². The summed E-state index contributed by atoms with van der Waals surface area (Å²) in [5.41, 5.74) is 3.12. The van der Waals surface area contributed by atoms with Crippen LogP contribution in [-0.4, -0.2) is 29.4 Å². The van der Waals surface area contributed by atoms with Crippen molar-refractivity contribution in [3.05, 3.63) is 65.5 Å². The number of halogens is 2. The van der Waals surface area contributed by atoms with Crippen LogP contribution in [0.25, 0.3) is 5.69 Å². The number of rotatable bonds is 6. The Morgan fingerprint density at radius 2 is 1.82 bits per heavy atom. The maximum atomic E-state index is 12.7. The van der Waals surface area contributed by atoms with E-state index in [0.29, 0.717) is 11.4 Å². The Balaban J connectivity index is 1.87. The van der Waals surface area contributed by atoms with Gasteiger partial charge in [-0.2, -0.15) is 13.9 Å². The van der Waals surface area contributed by atoms with Gasteiger partial charge in [-0.25, -0.2) is 4.68 Å². The number of benzene rings is 2. The minimum absolute atomic E-state index is 0.0429. The number of carbonyl (C=O) groups excluding carboxylic acids is 1. The molecule has 1 N–H and O–H groups in total. The van der Waals surface area contributed by atoms with E-state index in [0.717, 1.165) is 11.4 Å². The first-order chi connectivity index (χ1) is 13.4. The van der Waals surface area contributed by atoms with Crippen molar-refractivity contribution in [3.8, 4) is 17.2 Å². The topological polar surface area (TPSA) is 65.4 Å². The Labute approximate surface area is 160 Å². The highest BCUT2D eigenvalue weighted by molar-refractivity contribution is 6.05. The molecule has 28 heavy (non-hydrogen) atoms. The molecule has 8 heteroatoms. The second-order valence-electron chi connectivity index (χ2n) is 5.99. The normalized spacial score (nSPS) is 10.8. The van der Waals surface area contributed by atoms with Crippen molar-refractivity contribution in [2.75, 3.05) is 12.4 Å². The van der Waals surface area contributed by atoms with E-state index in [2.05, 4.69) is 15.2 Å². The van der Waals surface area contributed by atoms with Crippen molar-refractivity contribution in [2.24, 2.45) is 0 Å². The van der Waals surface area contributed by atoms with Crippen LogP contribution >= 0.6 is 0 Å². The molecule has 0 unspecified atom stereocenters. The zero-order chi connectivity index (χ0) is 20.3. The van der Waals surface area contributed by atoms with Gasteiger partial charge in [-0.15, -0.1) is 0 Å². The summed E-state index contributed by atoms with van der Waals surface area (Å²) in [6.07, 6.45) is 0. The van der Waals surface area contributed by atoms with Gasteiger partial charge in [0.15, 0.2) is 11.5 Å². The number of nitrogens with zero attached hydrogens (tertiary/aromatic N) is 2. The highest BCUT2D eigenvalue weighted by Crippen LogP contribution is 2.30. The first-order valence-corrected chi connectivity index (χ1v) is 8.46.